The molecule has 1 N–H and O–H groups in total. The number of rotatable bonds is 5. The molecular formula is C12H16O4. The summed E-state index contributed by atoms with van der Waals surface area (Å²) in [5.74, 6) is 0.338. The SMILES string of the molecule is COc1cccc(OC)c1[C@H](C)CC(=O)O. The van der Waals surface area contributed by atoms with E-state index in [2.05, 4.69) is 0 Å². The molecule has 88 valence electrons. The Balaban J connectivity index is 3.12. The second-order valence-corrected chi connectivity index (χ2v) is 3.58. The van der Waals surface area contributed by atoms with E-state index in [9.17, 15) is 4.79 Å². The van der Waals surface area contributed by atoms with Crippen LogP contribution < -0.4 is 9.47 Å². The van der Waals surface area contributed by atoms with Crippen LogP contribution in [0.2, 0.25) is 0 Å². The van der Waals surface area contributed by atoms with Crippen molar-refractivity contribution >= 4 is 5.97 Å². The standard InChI is InChI=1S/C12H16O4/c1-8(7-11(13)14)12-9(15-2)5-4-6-10(12)16-3/h4-6,8H,7H2,1-3H3,(H,13,14)/t8-/m1/s1. The van der Waals surface area contributed by atoms with Gasteiger partial charge < -0.3 is 14.6 Å². The Kier molecular flexibility index (Phi) is 4.17. The highest BCUT2D eigenvalue weighted by Crippen LogP contribution is 2.36. The molecule has 0 saturated carbocycles. The van der Waals surface area contributed by atoms with E-state index in [0.717, 1.165) is 5.56 Å². The smallest absolute Gasteiger partial charge is 0.303 e. The molecule has 0 radical (unpaired) electrons. The molecule has 0 amide bonds. The van der Waals surface area contributed by atoms with Crippen molar-refractivity contribution in [1.29, 1.82) is 0 Å². The first-order chi connectivity index (χ1) is 7.60. The Morgan fingerprint density at radius 2 is 1.81 bits per heavy atom. The number of aliphatic carboxylic acids is 1. The van der Waals surface area contributed by atoms with Gasteiger partial charge >= 0.3 is 5.97 Å². The van der Waals surface area contributed by atoms with E-state index in [1.807, 2.05) is 13.0 Å². The number of hydrogen-bond donors (Lipinski definition) is 1. The zero-order valence-corrected chi connectivity index (χ0v) is 9.69. The molecule has 1 aromatic carbocycles. The van der Waals surface area contributed by atoms with Crippen LogP contribution in [-0.4, -0.2) is 25.3 Å². The van der Waals surface area contributed by atoms with Gasteiger partial charge in [0.15, 0.2) is 0 Å². The van der Waals surface area contributed by atoms with Gasteiger partial charge in [0.1, 0.15) is 11.5 Å². The second kappa shape index (κ2) is 5.39. The summed E-state index contributed by atoms with van der Waals surface area (Å²) >= 11 is 0. The first kappa shape index (κ1) is 12.4. The molecule has 1 aromatic rings. The van der Waals surface area contributed by atoms with Gasteiger partial charge in [0.05, 0.1) is 20.6 Å². The molecule has 4 nitrogen and oxygen atoms in total. The van der Waals surface area contributed by atoms with Gasteiger partial charge in [0.25, 0.3) is 0 Å². The number of carboxylic acid groups (broad SMARTS) is 1. The molecule has 0 aliphatic rings. The van der Waals surface area contributed by atoms with Gasteiger partial charge in [-0.2, -0.15) is 0 Å². The monoisotopic (exact) mass is 224 g/mol. The maximum atomic E-state index is 10.7. The molecule has 1 rings (SSSR count). The van der Waals surface area contributed by atoms with Gasteiger partial charge in [-0.3, -0.25) is 4.79 Å². The van der Waals surface area contributed by atoms with Gasteiger partial charge in [-0.25, -0.2) is 0 Å². The molecule has 0 saturated heterocycles. The fourth-order valence-electron chi connectivity index (χ4n) is 1.73. The van der Waals surface area contributed by atoms with E-state index in [-0.39, 0.29) is 12.3 Å². The van der Waals surface area contributed by atoms with Gasteiger partial charge in [0, 0.05) is 5.56 Å². The number of carboxylic acids is 1. The number of benzene rings is 1. The van der Waals surface area contributed by atoms with Gasteiger partial charge in [-0.05, 0) is 18.1 Å². The van der Waals surface area contributed by atoms with E-state index >= 15 is 0 Å². The van der Waals surface area contributed by atoms with Crippen LogP contribution in [0.5, 0.6) is 11.5 Å². The minimum atomic E-state index is -0.833. The largest absolute Gasteiger partial charge is 0.496 e. The minimum Gasteiger partial charge on any atom is -0.496 e. The summed E-state index contributed by atoms with van der Waals surface area (Å²) < 4.78 is 10.4. The van der Waals surface area contributed by atoms with Crippen molar-refractivity contribution in [3.05, 3.63) is 23.8 Å². The fourth-order valence-corrected chi connectivity index (χ4v) is 1.73. The highest BCUT2D eigenvalue weighted by Gasteiger charge is 2.19. The lowest BCUT2D eigenvalue weighted by Gasteiger charge is -2.17. The van der Waals surface area contributed by atoms with E-state index in [4.69, 9.17) is 14.6 Å². The van der Waals surface area contributed by atoms with Crippen LogP contribution in [0.1, 0.15) is 24.8 Å². The molecule has 0 aliphatic carbocycles. The molecule has 0 aliphatic heterocycles. The average molecular weight is 224 g/mol. The predicted molar refractivity (Wildman–Crippen MR) is 60.2 cm³/mol. The molecule has 4 heteroatoms. The zero-order valence-electron chi connectivity index (χ0n) is 9.69. The summed E-state index contributed by atoms with van der Waals surface area (Å²) in [6, 6.07) is 5.42. The molecular weight excluding hydrogens is 208 g/mol. The number of methoxy groups -OCH3 is 2. The Labute approximate surface area is 94.8 Å². The highest BCUT2D eigenvalue weighted by molar-refractivity contribution is 5.68. The maximum Gasteiger partial charge on any atom is 0.303 e. The van der Waals surface area contributed by atoms with Gasteiger partial charge in [-0.1, -0.05) is 13.0 Å². The average Bonchev–Trinajstić information content (AvgIpc) is 2.26. The van der Waals surface area contributed by atoms with Crippen LogP contribution in [-0.2, 0) is 4.79 Å². The topological polar surface area (TPSA) is 55.8 Å². The molecule has 0 fully saturated rings. The fraction of sp³-hybridized carbons (Fsp3) is 0.417. The summed E-state index contributed by atoms with van der Waals surface area (Å²) in [7, 11) is 3.12. The number of hydrogen-bond acceptors (Lipinski definition) is 3. The summed E-state index contributed by atoms with van der Waals surface area (Å²) in [6.07, 6.45) is 0.0523. The van der Waals surface area contributed by atoms with Crippen molar-refractivity contribution < 1.29 is 19.4 Å². The van der Waals surface area contributed by atoms with Crippen molar-refractivity contribution in [2.75, 3.05) is 14.2 Å². The second-order valence-electron chi connectivity index (χ2n) is 3.58. The van der Waals surface area contributed by atoms with Crippen molar-refractivity contribution in [1.82, 2.24) is 0 Å². The highest BCUT2D eigenvalue weighted by atomic mass is 16.5. The summed E-state index contributed by atoms with van der Waals surface area (Å²) in [4.78, 5) is 10.7. The number of carbonyl (C=O) groups is 1. The Morgan fingerprint density at radius 3 is 2.19 bits per heavy atom. The Bertz CT molecular complexity index is 351. The van der Waals surface area contributed by atoms with Crippen molar-refractivity contribution in [3.63, 3.8) is 0 Å². The van der Waals surface area contributed by atoms with E-state index in [1.54, 1.807) is 26.4 Å². The minimum absolute atomic E-state index is 0.0523. The van der Waals surface area contributed by atoms with Crippen LogP contribution in [0.25, 0.3) is 0 Å². The summed E-state index contributed by atoms with van der Waals surface area (Å²) in [5, 5.41) is 8.79. The Morgan fingerprint density at radius 1 is 1.31 bits per heavy atom. The first-order valence-electron chi connectivity index (χ1n) is 5.02. The number of ether oxygens (including phenoxy) is 2. The third-order valence-corrected chi connectivity index (χ3v) is 2.44. The van der Waals surface area contributed by atoms with Crippen LogP contribution in [0.15, 0.2) is 18.2 Å². The van der Waals surface area contributed by atoms with Gasteiger partial charge in [0.2, 0.25) is 0 Å². The first-order valence-corrected chi connectivity index (χ1v) is 5.02. The van der Waals surface area contributed by atoms with Crippen molar-refractivity contribution in [3.8, 4) is 11.5 Å². The molecule has 0 bridgehead atoms. The van der Waals surface area contributed by atoms with Gasteiger partial charge in [-0.15, -0.1) is 0 Å². The lowest BCUT2D eigenvalue weighted by molar-refractivity contribution is -0.137. The van der Waals surface area contributed by atoms with E-state index in [0.29, 0.717) is 11.5 Å². The molecule has 0 unspecified atom stereocenters. The quantitative estimate of drug-likeness (QED) is 0.833. The summed E-state index contributed by atoms with van der Waals surface area (Å²) in [6.45, 7) is 1.84. The third kappa shape index (κ3) is 2.66. The maximum absolute atomic E-state index is 10.7. The molecule has 0 heterocycles. The summed E-state index contributed by atoms with van der Waals surface area (Å²) in [5.41, 5.74) is 0.801. The normalized spacial score (nSPS) is 11.9. The van der Waals surface area contributed by atoms with Crippen LogP contribution in [0.4, 0.5) is 0 Å². The zero-order chi connectivity index (χ0) is 12.1. The third-order valence-electron chi connectivity index (χ3n) is 2.44. The molecule has 16 heavy (non-hydrogen) atoms. The Hall–Kier alpha value is -1.71. The van der Waals surface area contributed by atoms with Crippen LogP contribution in [0, 0.1) is 0 Å². The van der Waals surface area contributed by atoms with E-state index < -0.39 is 5.97 Å². The van der Waals surface area contributed by atoms with Crippen LogP contribution >= 0.6 is 0 Å². The predicted octanol–water partition coefficient (Wildman–Crippen LogP) is 2.28. The van der Waals surface area contributed by atoms with E-state index in [1.165, 1.54) is 0 Å². The lowest BCUT2D eigenvalue weighted by Crippen LogP contribution is -2.06. The van der Waals surface area contributed by atoms with Crippen LogP contribution in [0.3, 0.4) is 0 Å². The molecule has 0 spiro atoms. The van der Waals surface area contributed by atoms with Crippen molar-refractivity contribution in [2.45, 2.75) is 19.3 Å². The molecule has 1 atom stereocenters. The lowest BCUT2D eigenvalue weighted by atomic mass is 9.96. The van der Waals surface area contributed by atoms with Crippen molar-refractivity contribution in [2.24, 2.45) is 0 Å². The molecule has 0 aromatic heterocycles.